The number of aromatic amines is 1. The zero-order valence-electron chi connectivity index (χ0n) is 18.6. The van der Waals surface area contributed by atoms with E-state index in [9.17, 15) is 18.8 Å². The SMILES string of the molecule is CCCCCn1c(=O)n(CCCOC(=O)N(C)Cc2ccc(F)cc2)c(=O)c2[nH]c(Cl)nc21. The number of carbonyl (C=O) groups is 1. The summed E-state index contributed by atoms with van der Waals surface area (Å²) in [6.07, 6.45) is 2.41. The quantitative estimate of drug-likeness (QED) is 0.354. The van der Waals surface area contributed by atoms with Crippen molar-refractivity contribution in [3.05, 3.63) is 61.8 Å². The lowest BCUT2D eigenvalue weighted by Crippen LogP contribution is -2.40. The van der Waals surface area contributed by atoms with E-state index < -0.39 is 17.3 Å². The maximum Gasteiger partial charge on any atom is 0.409 e. The van der Waals surface area contributed by atoms with Gasteiger partial charge in [0.1, 0.15) is 5.82 Å². The van der Waals surface area contributed by atoms with Gasteiger partial charge >= 0.3 is 11.8 Å². The van der Waals surface area contributed by atoms with Crippen molar-refractivity contribution < 1.29 is 13.9 Å². The molecule has 11 heteroatoms. The van der Waals surface area contributed by atoms with Gasteiger partial charge in [0.15, 0.2) is 11.2 Å². The number of hydrogen-bond donors (Lipinski definition) is 1. The van der Waals surface area contributed by atoms with E-state index in [0.717, 1.165) is 29.4 Å². The van der Waals surface area contributed by atoms with Crippen molar-refractivity contribution in [3.8, 4) is 0 Å². The van der Waals surface area contributed by atoms with Crippen LogP contribution in [0.3, 0.4) is 0 Å². The molecule has 0 aliphatic rings. The summed E-state index contributed by atoms with van der Waals surface area (Å²) in [6, 6.07) is 5.83. The van der Waals surface area contributed by atoms with Crippen LogP contribution in [0.4, 0.5) is 9.18 Å². The number of nitrogens with one attached hydrogen (secondary N) is 1. The molecule has 0 spiro atoms. The van der Waals surface area contributed by atoms with Crippen molar-refractivity contribution in [2.75, 3.05) is 13.7 Å². The van der Waals surface area contributed by atoms with Crippen molar-refractivity contribution in [2.24, 2.45) is 0 Å². The normalized spacial score (nSPS) is 11.2. The number of hydrogen-bond acceptors (Lipinski definition) is 5. The first kappa shape index (κ1) is 24.5. The Morgan fingerprint density at radius 1 is 1.15 bits per heavy atom. The minimum Gasteiger partial charge on any atom is -0.449 e. The Kier molecular flexibility index (Phi) is 8.26. The first-order chi connectivity index (χ1) is 15.8. The smallest absolute Gasteiger partial charge is 0.409 e. The van der Waals surface area contributed by atoms with E-state index in [0.29, 0.717) is 6.54 Å². The number of nitrogens with zero attached hydrogens (tertiary/aromatic N) is 4. The Hall–Kier alpha value is -3.14. The number of rotatable bonds is 10. The van der Waals surface area contributed by atoms with E-state index in [-0.39, 0.29) is 48.4 Å². The number of aryl methyl sites for hydroxylation is 1. The molecule has 178 valence electrons. The lowest BCUT2D eigenvalue weighted by molar-refractivity contribution is 0.106. The second kappa shape index (κ2) is 11.1. The van der Waals surface area contributed by atoms with Crippen LogP contribution in [0, 0.1) is 5.82 Å². The molecule has 3 aromatic rings. The fraction of sp³-hybridized carbons (Fsp3) is 0.455. The van der Waals surface area contributed by atoms with Crippen LogP contribution < -0.4 is 11.2 Å². The lowest BCUT2D eigenvalue weighted by Gasteiger charge is -2.17. The van der Waals surface area contributed by atoms with E-state index in [2.05, 4.69) is 16.9 Å². The number of amides is 1. The van der Waals surface area contributed by atoms with Crippen molar-refractivity contribution in [1.29, 1.82) is 0 Å². The molecule has 0 saturated heterocycles. The topological polar surface area (TPSA) is 102 Å². The van der Waals surface area contributed by atoms with Crippen molar-refractivity contribution in [3.63, 3.8) is 0 Å². The Bertz CT molecular complexity index is 1220. The molecule has 0 atom stereocenters. The molecular weight excluding hydrogens is 453 g/mol. The number of halogens is 2. The van der Waals surface area contributed by atoms with Crippen LogP contribution in [-0.4, -0.2) is 43.7 Å². The molecular formula is C22H27ClFN5O4. The van der Waals surface area contributed by atoms with Gasteiger partial charge in [-0.2, -0.15) is 4.98 Å². The van der Waals surface area contributed by atoms with Gasteiger partial charge in [0.25, 0.3) is 5.56 Å². The maximum atomic E-state index is 13.0. The lowest BCUT2D eigenvalue weighted by atomic mass is 10.2. The highest BCUT2D eigenvalue weighted by molar-refractivity contribution is 6.28. The molecule has 0 bridgehead atoms. The fourth-order valence-corrected chi connectivity index (χ4v) is 3.65. The summed E-state index contributed by atoms with van der Waals surface area (Å²) in [6.45, 7) is 2.85. The monoisotopic (exact) mass is 479 g/mol. The number of fused-ring (bicyclic) bond motifs is 1. The highest BCUT2D eigenvalue weighted by Crippen LogP contribution is 2.11. The van der Waals surface area contributed by atoms with E-state index in [1.54, 1.807) is 19.2 Å². The van der Waals surface area contributed by atoms with Crippen LogP contribution in [0.15, 0.2) is 33.9 Å². The Morgan fingerprint density at radius 2 is 1.85 bits per heavy atom. The predicted molar refractivity (Wildman–Crippen MR) is 123 cm³/mol. The molecule has 1 aromatic carbocycles. The molecule has 0 fully saturated rings. The molecule has 1 N–H and O–H groups in total. The number of H-pyrrole nitrogens is 1. The standard InChI is InChI=1S/C22H27ClFN5O4/c1-3-4-5-11-28-18-17(25-20(23)26-18)19(30)29(21(28)31)12-6-13-33-22(32)27(2)14-15-7-9-16(24)10-8-15/h7-10H,3-6,11-14H2,1-2H3,(H,25,26). The summed E-state index contributed by atoms with van der Waals surface area (Å²) in [5, 5.41) is 0.0432. The van der Waals surface area contributed by atoms with Gasteiger partial charge in [0.05, 0.1) is 6.61 Å². The Balaban J connectivity index is 1.63. The molecule has 33 heavy (non-hydrogen) atoms. The minimum absolute atomic E-state index is 0.0239. The Labute approximate surface area is 194 Å². The third kappa shape index (κ3) is 6.01. The van der Waals surface area contributed by atoms with Crippen LogP contribution in [-0.2, 0) is 24.4 Å². The number of benzene rings is 1. The number of unbranched alkanes of at least 4 members (excludes halogenated alkanes) is 2. The number of aromatic nitrogens is 4. The maximum absolute atomic E-state index is 13.0. The third-order valence-electron chi connectivity index (χ3n) is 5.21. The molecule has 3 rings (SSSR count). The van der Waals surface area contributed by atoms with Gasteiger partial charge in [-0.15, -0.1) is 0 Å². The molecule has 1 amide bonds. The largest absolute Gasteiger partial charge is 0.449 e. The van der Waals surface area contributed by atoms with Crippen molar-refractivity contribution >= 4 is 28.9 Å². The summed E-state index contributed by atoms with van der Waals surface area (Å²) in [5.41, 5.74) is 0.202. The Morgan fingerprint density at radius 3 is 2.55 bits per heavy atom. The van der Waals surface area contributed by atoms with Crippen molar-refractivity contribution in [2.45, 2.75) is 52.2 Å². The van der Waals surface area contributed by atoms with Gasteiger partial charge in [-0.3, -0.25) is 13.9 Å². The molecule has 0 unspecified atom stereocenters. The van der Waals surface area contributed by atoms with Crippen LogP contribution in [0.5, 0.6) is 0 Å². The van der Waals surface area contributed by atoms with Crippen LogP contribution in [0.1, 0.15) is 38.2 Å². The summed E-state index contributed by atoms with van der Waals surface area (Å²) >= 11 is 5.94. The zero-order chi connectivity index (χ0) is 24.0. The van der Waals surface area contributed by atoms with E-state index >= 15 is 0 Å². The number of carbonyl (C=O) groups excluding carboxylic acids is 1. The molecule has 0 saturated carbocycles. The van der Waals surface area contributed by atoms with Gasteiger partial charge in [0.2, 0.25) is 5.28 Å². The van der Waals surface area contributed by atoms with Crippen LogP contribution in [0.25, 0.3) is 11.2 Å². The molecule has 0 aliphatic heterocycles. The van der Waals surface area contributed by atoms with Crippen molar-refractivity contribution in [1.82, 2.24) is 24.0 Å². The molecule has 0 radical (unpaired) electrons. The molecule has 0 aliphatic carbocycles. The summed E-state index contributed by atoms with van der Waals surface area (Å²) in [7, 11) is 1.57. The first-order valence-corrected chi connectivity index (χ1v) is 11.2. The van der Waals surface area contributed by atoms with E-state index in [1.807, 2.05) is 0 Å². The summed E-state index contributed by atoms with van der Waals surface area (Å²) in [5.74, 6) is -0.348. The van der Waals surface area contributed by atoms with Crippen LogP contribution >= 0.6 is 11.6 Å². The van der Waals surface area contributed by atoms with Gasteiger partial charge in [0, 0.05) is 26.7 Å². The predicted octanol–water partition coefficient (Wildman–Crippen LogP) is 3.53. The minimum atomic E-state index is -0.556. The molecule has 2 aromatic heterocycles. The number of imidazole rings is 1. The van der Waals surface area contributed by atoms with Gasteiger partial charge in [-0.1, -0.05) is 31.9 Å². The van der Waals surface area contributed by atoms with E-state index in [1.165, 1.54) is 21.6 Å². The second-order valence-electron chi connectivity index (χ2n) is 7.77. The average Bonchev–Trinajstić information content (AvgIpc) is 3.18. The summed E-state index contributed by atoms with van der Waals surface area (Å²) < 4.78 is 20.8. The van der Waals surface area contributed by atoms with Gasteiger partial charge < -0.3 is 14.6 Å². The summed E-state index contributed by atoms with van der Waals surface area (Å²) in [4.78, 5) is 46.1. The van der Waals surface area contributed by atoms with Crippen LogP contribution in [0.2, 0.25) is 5.28 Å². The molecule has 9 nitrogen and oxygen atoms in total. The average molecular weight is 480 g/mol. The molecule has 2 heterocycles. The third-order valence-corrected chi connectivity index (χ3v) is 5.39. The van der Waals surface area contributed by atoms with Gasteiger partial charge in [-0.05, 0) is 42.1 Å². The van der Waals surface area contributed by atoms with E-state index in [4.69, 9.17) is 16.3 Å². The highest BCUT2D eigenvalue weighted by atomic mass is 35.5. The second-order valence-corrected chi connectivity index (χ2v) is 8.13. The zero-order valence-corrected chi connectivity index (χ0v) is 19.4. The van der Waals surface area contributed by atoms with Gasteiger partial charge in [-0.25, -0.2) is 14.0 Å². The fourth-order valence-electron chi connectivity index (χ4n) is 3.48. The highest BCUT2D eigenvalue weighted by Gasteiger charge is 2.17. The first-order valence-electron chi connectivity index (χ1n) is 10.8. The number of ether oxygens (including phenoxy) is 1.